The van der Waals surface area contributed by atoms with Crippen LogP contribution >= 0.6 is 35.6 Å². The van der Waals surface area contributed by atoms with Gasteiger partial charge in [0.15, 0.2) is 0 Å². The minimum Gasteiger partial charge on any atom is -0.469 e. The molecule has 2 N–H and O–H groups in total. The molecular formula is C12H16Cl3NO2. The van der Waals surface area contributed by atoms with Gasteiger partial charge in [-0.15, -0.1) is 12.4 Å². The van der Waals surface area contributed by atoms with Crippen LogP contribution in [0.1, 0.15) is 25.5 Å². The number of methoxy groups -OCH3 is 1. The molecule has 18 heavy (non-hydrogen) atoms. The predicted molar refractivity (Wildman–Crippen MR) is 76.4 cm³/mol. The van der Waals surface area contributed by atoms with Gasteiger partial charge in [-0.1, -0.05) is 29.3 Å². The monoisotopic (exact) mass is 311 g/mol. The van der Waals surface area contributed by atoms with Gasteiger partial charge in [-0.25, -0.2) is 0 Å². The molecule has 0 saturated carbocycles. The highest BCUT2D eigenvalue weighted by Gasteiger charge is 2.37. The third kappa shape index (κ3) is 3.51. The molecule has 0 aliphatic carbocycles. The summed E-state index contributed by atoms with van der Waals surface area (Å²) >= 11 is 11.9. The van der Waals surface area contributed by atoms with Crippen molar-refractivity contribution < 1.29 is 9.53 Å². The number of hydrogen-bond acceptors (Lipinski definition) is 3. The first-order chi connectivity index (χ1) is 7.80. The van der Waals surface area contributed by atoms with Crippen molar-refractivity contribution in [1.29, 1.82) is 0 Å². The van der Waals surface area contributed by atoms with Crippen LogP contribution in [0.5, 0.6) is 0 Å². The van der Waals surface area contributed by atoms with E-state index in [0.29, 0.717) is 15.6 Å². The summed E-state index contributed by atoms with van der Waals surface area (Å²) in [4.78, 5) is 11.7. The van der Waals surface area contributed by atoms with Gasteiger partial charge < -0.3 is 10.5 Å². The number of rotatable bonds is 3. The zero-order valence-electron chi connectivity index (χ0n) is 10.4. The van der Waals surface area contributed by atoms with Crippen LogP contribution in [0, 0.1) is 5.41 Å². The molecule has 0 aliphatic heterocycles. The number of halogens is 3. The maximum absolute atomic E-state index is 11.7. The first-order valence-corrected chi connectivity index (χ1v) is 5.85. The van der Waals surface area contributed by atoms with Gasteiger partial charge in [0.25, 0.3) is 0 Å². The molecule has 0 unspecified atom stereocenters. The number of hydrogen-bond donors (Lipinski definition) is 1. The highest BCUT2D eigenvalue weighted by molar-refractivity contribution is 6.35. The van der Waals surface area contributed by atoms with Gasteiger partial charge in [-0.05, 0) is 31.5 Å². The SMILES string of the molecule is COC(=O)C(C)(C)[C@H](N)c1ccc(Cl)cc1Cl.Cl. The minimum atomic E-state index is -0.855. The Kier molecular flexibility index (Phi) is 6.44. The van der Waals surface area contributed by atoms with Crippen molar-refractivity contribution in [1.82, 2.24) is 0 Å². The van der Waals surface area contributed by atoms with Crippen LogP contribution in [0.25, 0.3) is 0 Å². The molecule has 0 radical (unpaired) electrons. The van der Waals surface area contributed by atoms with Crippen LogP contribution in [-0.2, 0) is 9.53 Å². The molecule has 3 nitrogen and oxygen atoms in total. The highest BCUT2D eigenvalue weighted by atomic mass is 35.5. The molecular weight excluding hydrogens is 296 g/mol. The summed E-state index contributed by atoms with van der Waals surface area (Å²) in [5, 5.41) is 0.976. The number of esters is 1. The zero-order chi connectivity index (χ0) is 13.2. The van der Waals surface area contributed by atoms with E-state index in [1.807, 2.05) is 0 Å². The van der Waals surface area contributed by atoms with Crippen molar-refractivity contribution in [3.63, 3.8) is 0 Å². The highest BCUT2D eigenvalue weighted by Crippen LogP contribution is 2.36. The quantitative estimate of drug-likeness (QED) is 0.867. The van der Waals surface area contributed by atoms with E-state index in [-0.39, 0.29) is 18.4 Å². The molecule has 0 heterocycles. The van der Waals surface area contributed by atoms with Gasteiger partial charge in [0.2, 0.25) is 0 Å². The Hall–Kier alpha value is -0.480. The Bertz CT molecular complexity index is 435. The van der Waals surface area contributed by atoms with Crippen LogP contribution < -0.4 is 5.73 Å². The molecule has 0 bridgehead atoms. The van der Waals surface area contributed by atoms with E-state index < -0.39 is 11.5 Å². The van der Waals surface area contributed by atoms with Crippen molar-refractivity contribution >= 4 is 41.6 Å². The van der Waals surface area contributed by atoms with Gasteiger partial charge >= 0.3 is 5.97 Å². The Balaban J connectivity index is 0.00000289. The van der Waals surface area contributed by atoms with Gasteiger partial charge in [-0.3, -0.25) is 4.79 Å². The summed E-state index contributed by atoms with van der Waals surface area (Å²) in [5.41, 5.74) is 5.89. The Morgan fingerprint density at radius 3 is 2.39 bits per heavy atom. The van der Waals surface area contributed by atoms with E-state index in [9.17, 15) is 4.79 Å². The number of nitrogens with two attached hydrogens (primary N) is 1. The summed E-state index contributed by atoms with van der Waals surface area (Å²) in [5.74, 6) is -0.379. The number of carbonyl (C=O) groups is 1. The average Bonchev–Trinajstić information content (AvgIpc) is 2.27. The number of ether oxygens (including phenoxy) is 1. The molecule has 102 valence electrons. The molecule has 1 aromatic carbocycles. The van der Waals surface area contributed by atoms with Crippen LogP contribution in [0.15, 0.2) is 18.2 Å². The van der Waals surface area contributed by atoms with E-state index in [1.54, 1.807) is 32.0 Å². The standard InChI is InChI=1S/C12H15Cl2NO2.ClH/c1-12(2,11(16)17-3)10(15)8-5-4-7(13)6-9(8)14;/h4-6,10H,15H2,1-3H3;1H/t10-;/m1./s1. The lowest BCUT2D eigenvalue weighted by Gasteiger charge is -2.29. The third-order valence-electron chi connectivity index (χ3n) is 2.79. The van der Waals surface area contributed by atoms with Crippen molar-refractivity contribution in [2.45, 2.75) is 19.9 Å². The fraction of sp³-hybridized carbons (Fsp3) is 0.417. The van der Waals surface area contributed by atoms with Gasteiger partial charge in [0.1, 0.15) is 0 Å². The largest absolute Gasteiger partial charge is 0.469 e. The van der Waals surface area contributed by atoms with Crippen molar-refractivity contribution in [3.8, 4) is 0 Å². The van der Waals surface area contributed by atoms with Crippen LogP contribution in [0.4, 0.5) is 0 Å². The van der Waals surface area contributed by atoms with Crippen LogP contribution in [-0.4, -0.2) is 13.1 Å². The molecule has 1 aromatic rings. The maximum atomic E-state index is 11.7. The second kappa shape index (κ2) is 6.62. The molecule has 6 heteroatoms. The minimum absolute atomic E-state index is 0. The molecule has 1 atom stereocenters. The van der Waals surface area contributed by atoms with Gasteiger partial charge in [0, 0.05) is 16.1 Å². The topological polar surface area (TPSA) is 52.3 Å². The number of carbonyl (C=O) groups excluding carboxylic acids is 1. The molecule has 0 saturated heterocycles. The van der Waals surface area contributed by atoms with E-state index in [2.05, 4.69) is 0 Å². The average molecular weight is 313 g/mol. The lowest BCUT2D eigenvalue weighted by molar-refractivity contribution is -0.152. The molecule has 0 fully saturated rings. The Morgan fingerprint density at radius 2 is 1.94 bits per heavy atom. The molecule has 1 rings (SSSR count). The Morgan fingerprint density at radius 1 is 1.39 bits per heavy atom. The fourth-order valence-corrected chi connectivity index (χ4v) is 2.06. The summed E-state index contributed by atoms with van der Waals surface area (Å²) in [6.45, 7) is 3.43. The third-order valence-corrected chi connectivity index (χ3v) is 3.35. The second-order valence-corrected chi connectivity index (χ2v) is 5.20. The van der Waals surface area contributed by atoms with Crippen molar-refractivity contribution in [2.24, 2.45) is 11.1 Å². The van der Waals surface area contributed by atoms with Gasteiger partial charge in [-0.2, -0.15) is 0 Å². The fourth-order valence-electron chi connectivity index (χ4n) is 1.53. The van der Waals surface area contributed by atoms with E-state index in [1.165, 1.54) is 7.11 Å². The van der Waals surface area contributed by atoms with Crippen molar-refractivity contribution in [2.75, 3.05) is 7.11 Å². The summed E-state index contributed by atoms with van der Waals surface area (Å²) in [6.07, 6.45) is 0. The van der Waals surface area contributed by atoms with E-state index >= 15 is 0 Å². The van der Waals surface area contributed by atoms with E-state index in [0.717, 1.165) is 0 Å². The van der Waals surface area contributed by atoms with Crippen LogP contribution in [0.3, 0.4) is 0 Å². The lowest BCUT2D eigenvalue weighted by atomic mass is 9.81. The first-order valence-electron chi connectivity index (χ1n) is 5.09. The smallest absolute Gasteiger partial charge is 0.313 e. The summed E-state index contributed by atoms with van der Waals surface area (Å²) < 4.78 is 4.73. The lowest BCUT2D eigenvalue weighted by Crippen LogP contribution is -2.37. The summed E-state index contributed by atoms with van der Waals surface area (Å²) in [7, 11) is 1.33. The summed E-state index contributed by atoms with van der Waals surface area (Å²) in [6, 6.07) is 4.46. The first kappa shape index (κ1) is 17.5. The van der Waals surface area contributed by atoms with Gasteiger partial charge in [0.05, 0.1) is 12.5 Å². The zero-order valence-corrected chi connectivity index (χ0v) is 12.7. The second-order valence-electron chi connectivity index (χ2n) is 4.36. The molecule has 0 spiro atoms. The predicted octanol–water partition coefficient (Wildman–Crippen LogP) is 3.61. The normalized spacial score (nSPS) is 12.6. The molecule has 0 aliphatic rings. The Labute approximate surface area is 123 Å². The molecule has 0 amide bonds. The van der Waals surface area contributed by atoms with Crippen LogP contribution in [0.2, 0.25) is 10.0 Å². The van der Waals surface area contributed by atoms with Crippen molar-refractivity contribution in [3.05, 3.63) is 33.8 Å². The van der Waals surface area contributed by atoms with E-state index in [4.69, 9.17) is 33.7 Å². The number of benzene rings is 1. The maximum Gasteiger partial charge on any atom is 0.313 e. The molecule has 0 aromatic heterocycles.